The Hall–Kier alpha value is -2.89. The lowest BCUT2D eigenvalue weighted by Gasteiger charge is -2.44. The number of para-hydroxylation sites is 1. The Morgan fingerprint density at radius 2 is 1.85 bits per heavy atom. The number of non-ortho nitro benzene ring substituents is 1. The van der Waals surface area contributed by atoms with Gasteiger partial charge in [-0.3, -0.25) is 10.1 Å². The van der Waals surface area contributed by atoms with Crippen LogP contribution in [-0.4, -0.2) is 16.0 Å². The highest BCUT2D eigenvalue weighted by atomic mass is 16.6. The zero-order chi connectivity index (χ0) is 18.7. The molecule has 138 valence electrons. The highest BCUT2D eigenvalue weighted by Crippen LogP contribution is 2.64. The van der Waals surface area contributed by atoms with Gasteiger partial charge in [0, 0.05) is 12.1 Å². The number of fused-ring (bicyclic) bond motifs is 7. The number of carbonyl (C=O) groups is 1. The minimum atomic E-state index is -0.927. The van der Waals surface area contributed by atoms with Gasteiger partial charge in [0.1, 0.15) is 0 Å². The summed E-state index contributed by atoms with van der Waals surface area (Å²) in [4.78, 5) is 22.4. The third-order valence-electron chi connectivity index (χ3n) is 6.81. The Morgan fingerprint density at radius 1 is 1.11 bits per heavy atom. The maximum absolute atomic E-state index is 11.8. The van der Waals surface area contributed by atoms with Crippen molar-refractivity contribution >= 4 is 17.3 Å². The summed E-state index contributed by atoms with van der Waals surface area (Å²) in [6, 6.07) is 12.3. The molecule has 0 spiro atoms. The lowest BCUT2D eigenvalue weighted by Crippen LogP contribution is -2.36. The van der Waals surface area contributed by atoms with Crippen LogP contribution in [0.1, 0.15) is 52.7 Å². The Bertz CT molecular complexity index is 940. The van der Waals surface area contributed by atoms with Crippen LogP contribution in [0, 0.1) is 27.9 Å². The molecule has 2 aliphatic carbocycles. The normalized spacial score (nSPS) is 30.3. The lowest BCUT2D eigenvalue weighted by atomic mass is 9.67. The number of aromatic carboxylic acids is 1. The van der Waals surface area contributed by atoms with Gasteiger partial charge in [-0.1, -0.05) is 24.3 Å². The molecule has 5 atom stereocenters. The minimum absolute atomic E-state index is 0.0147. The fraction of sp³-hybridized carbons (Fsp3) is 0.381. The number of carboxylic acid groups (broad SMARTS) is 1. The highest BCUT2D eigenvalue weighted by molar-refractivity contribution is 5.95. The number of hydrogen-bond donors (Lipinski definition) is 2. The molecule has 1 aliphatic heterocycles. The molecule has 2 bridgehead atoms. The second kappa shape index (κ2) is 5.81. The molecule has 2 saturated carbocycles. The van der Waals surface area contributed by atoms with Crippen molar-refractivity contribution in [2.75, 3.05) is 5.32 Å². The molecule has 0 aromatic heterocycles. The summed E-state index contributed by atoms with van der Waals surface area (Å²) in [7, 11) is 0. The number of nitro groups is 1. The van der Waals surface area contributed by atoms with Gasteiger partial charge in [0.05, 0.1) is 22.2 Å². The number of nitrogens with zero attached hydrogens (tertiary/aromatic N) is 1. The zero-order valence-electron chi connectivity index (χ0n) is 14.7. The summed E-state index contributed by atoms with van der Waals surface area (Å²) in [6.07, 6.45) is 3.61. The number of rotatable bonds is 3. The van der Waals surface area contributed by atoms with Crippen molar-refractivity contribution in [1.82, 2.24) is 0 Å². The topological polar surface area (TPSA) is 92.5 Å². The molecule has 2 aromatic rings. The molecule has 6 heteroatoms. The van der Waals surface area contributed by atoms with Crippen molar-refractivity contribution in [2.45, 2.75) is 31.2 Å². The number of carboxylic acids is 1. The van der Waals surface area contributed by atoms with Gasteiger partial charge in [-0.25, -0.2) is 4.79 Å². The zero-order valence-corrected chi connectivity index (χ0v) is 14.7. The molecule has 3 aliphatic rings. The molecule has 2 aromatic carbocycles. The van der Waals surface area contributed by atoms with Crippen LogP contribution in [-0.2, 0) is 0 Å². The molecule has 6 nitrogen and oxygen atoms in total. The summed E-state index contributed by atoms with van der Waals surface area (Å²) in [5.41, 5.74) is 3.23. The average molecular weight is 364 g/mol. The standard InChI is InChI=1S/C21H20N2O4/c24-21(25)16-3-1-2-15-17-12-4-5-13(10-12)18(17)19(22-20(15)16)11-6-8-14(9-7-11)23(26)27/h1-3,6-9,12-13,17-19,22H,4-5,10H2,(H,24,25)/t12-,13-,17+,18+,19+/m0/s1. The van der Waals surface area contributed by atoms with E-state index in [1.54, 1.807) is 6.07 Å². The first-order chi connectivity index (χ1) is 13.0. The van der Waals surface area contributed by atoms with Crippen molar-refractivity contribution in [2.24, 2.45) is 17.8 Å². The molecule has 2 N–H and O–H groups in total. The molecule has 2 fully saturated rings. The van der Waals surface area contributed by atoms with Gasteiger partial charge in [-0.2, -0.15) is 0 Å². The molecule has 5 rings (SSSR count). The van der Waals surface area contributed by atoms with Crippen LogP contribution >= 0.6 is 0 Å². The third-order valence-corrected chi connectivity index (χ3v) is 6.81. The summed E-state index contributed by atoms with van der Waals surface area (Å²) in [5, 5.41) is 24.2. The van der Waals surface area contributed by atoms with E-state index in [4.69, 9.17) is 0 Å². The number of anilines is 1. The van der Waals surface area contributed by atoms with Gasteiger partial charge in [-0.05, 0) is 60.1 Å². The number of hydrogen-bond acceptors (Lipinski definition) is 4. The first kappa shape index (κ1) is 16.3. The first-order valence-corrected chi connectivity index (χ1v) is 9.41. The van der Waals surface area contributed by atoms with E-state index >= 15 is 0 Å². The highest BCUT2D eigenvalue weighted by Gasteiger charge is 2.54. The van der Waals surface area contributed by atoms with E-state index in [1.165, 1.54) is 31.4 Å². The van der Waals surface area contributed by atoms with Gasteiger partial charge in [0.25, 0.3) is 5.69 Å². The fourth-order valence-electron chi connectivity index (χ4n) is 5.82. The van der Waals surface area contributed by atoms with Crippen molar-refractivity contribution in [3.8, 4) is 0 Å². The number of benzene rings is 2. The van der Waals surface area contributed by atoms with Crippen molar-refractivity contribution in [3.05, 3.63) is 69.3 Å². The van der Waals surface area contributed by atoms with Gasteiger partial charge in [0.15, 0.2) is 0 Å². The van der Waals surface area contributed by atoms with E-state index in [0.717, 1.165) is 16.8 Å². The molecular formula is C21H20N2O4. The Balaban J connectivity index is 1.63. The number of nitro benzene ring substituents is 1. The third kappa shape index (κ3) is 2.36. The maximum Gasteiger partial charge on any atom is 0.337 e. The van der Waals surface area contributed by atoms with E-state index in [1.807, 2.05) is 18.2 Å². The van der Waals surface area contributed by atoms with Crippen LogP contribution < -0.4 is 5.32 Å². The van der Waals surface area contributed by atoms with Gasteiger partial charge in [-0.15, -0.1) is 0 Å². The summed E-state index contributed by atoms with van der Waals surface area (Å²) in [6.45, 7) is 0. The molecule has 0 unspecified atom stereocenters. The van der Waals surface area contributed by atoms with Crippen molar-refractivity contribution < 1.29 is 14.8 Å². The molecule has 0 radical (unpaired) electrons. The van der Waals surface area contributed by atoms with E-state index in [0.29, 0.717) is 29.2 Å². The molecule has 0 amide bonds. The van der Waals surface area contributed by atoms with E-state index in [-0.39, 0.29) is 11.7 Å². The van der Waals surface area contributed by atoms with E-state index in [2.05, 4.69) is 11.4 Å². The SMILES string of the molecule is O=C(O)c1cccc2c1N[C@H](c1ccc([N+](=O)[O-])cc1)[C@@H]1[C@H]3CC[C@@H](C3)[C@H]21. The molecule has 1 heterocycles. The van der Waals surface area contributed by atoms with Crippen LogP contribution in [0.15, 0.2) is 42.5 Å². The number of nitrogens with one attached hydrogen (secondary N) is 1. The quantitative estimate of drug-likeness (QED) is 0.614. The van der Waals surface area contributed by atoms with Crippen LogP contribution in [0.4, 0.5) is 11.4 Å². The molecular weight excluding hydrogens is 344 g/mol. The predicted molar refractivity (Wildman–Crippen MR) is 99.9 cm³/mol. The van der Waals surface area contributed by atoms with Crippen LogP contribution in [0.5, 0.6) is 0 Å². The van der Waals surface area contributed by atoms with E-state index < -0.39 is 10.9 Å². The average Bonchev–Trinajstić information content (AvgIpc) is 3.29. The van der Waals surface area contributed by atoms with Crippen LogP contribution in [0.25, 0.3) is 0 Å². The van der Waals surface area contributed by atoms with Crippen LogP contribution in [0.3, 0.4) is 0 Å². The second-order valence-electron chi connectivity index (χ2n) is 7.98. The largest absolute Gasteiger partial charge is 0.478 e. The first-order valence-electron chi connectivity index (χ1n) is 9.41. The molecule has 0 saturated heterocycles. The summed E-state index contributed by atoms with van der Waals surface area (Å²) in [5.74, 6) is 1.06. The van der Waals surface area contributed by atoms with E-state index in [9.17, 15) is 20.0 Å². The monoisotopic (exact) mass is 364 g/mol. The lowest BCUT2D eigenvalue weighted by molar-refractivity contribution is -0.384. The van der Waals surface area contributed by atoms with Crippen LogP contribution in [0.2, 0.25) is 0 Å². The van der Waals surface area contributed by atoms with Crippen molar-refractivity contribution in [1.29, 1.82) is 0 Å². The molecule has 27 heavy (non-hydrogen) atoms. The smallest absolute Gasteiger partial charge is 0.337 e. The Labute approximate surface area is 156 Å². The predicted octanol–water partition coefficient (Wildman–Crippen LogP) is 4.59. The Morgan fingerprint density at radius 3 is 2.56 bits per heavy atom. The van der Waals surface area contributed by atoms with Gasteiger partial charge < -0.3 is 10.4 Å². The second-order valence-corrected chi connectivity index (χ2v) is 7.98. The minimum Gasteiger partial charge on any atom is -0.478 e. The van der Waals surface area contributed by atoms with Gasteiger partial charge >= 0.3 is 5.97 Å². The maximum atomic E-state index is 11.8. The van der Waals surface area contributed by atoms with Crippen molar-refractivity contribution in [3.63, 3.8) is 0 Å². The summed E-state index contributed by atoms with van der Waals surface area (Å²) >= 11 is 0. The summed E-state index contributed by atoms with van der Waals surface area (Å²) < 4.78 is 0. The Kier molecular flexibility index (Phi) is 3.50. The fourth-order valence-corrected chi connectivity index (χ4v) is 5.82. The van der Waals surface area contributed by atoms with Gasteiger partial charge in [0.2, 0.25) is 0 Å².